The minimum absolute atomic E-state index is 0.333. The first-order valence-corrected chi connectivity index (χ1v) is 6.43. The number of nitrogens with zero attached hydrogens (tertiary/aromatic N) is 1. The van der Waals surface area contributed by atoms with Crippen LogP contribution < -0.4 is 0 Å². The van der Waals surface area contributed by atoms with Crippen LogP contribution in [-0.2, 0) is 10.0 Å². The Morgan fingerprint density at radius 3 is 2.64 bits per heavy atom. The number of sulfonamides is 1. The van der Waals surface area contributed by atoms with Crippen molar-refractivity contribution in [1.29, 1.82) is 0 Å². The molecule has 0 aromatic heterocycles. The lowest BCUT2D eigenvalue weighted by Gasteiger charge is -2.25. The van der Waals surface area contributed by atoms with E-state index in [1.165, 1.54) is 0 Å². The number of alkyl halides is 1. The molecule has 0 aromatic rings. The third kappa shape index (κ3) is 2.42. The molecule has 66 valence electrons. The van der Waals surface area contributed by atoms with Gasteiger partial charge in [0.15, 0.2) is 0 Å². The molecule has 11 heavy (non-hydrogen) atoms. The summed E-state index contributed by atoms with van der Waals surface area (Å²) in [6.07, 6.45) is 1.83. The molecule has 1 aliphatic heterocycles. The predicted molar refractivity (Wildman–Crippen MR) is 48.4 cm³/mol. The molecule has 0 bridgehead atoms. The molecule has 1 aliphatic rings. The van der Waals surface area contributed by atoms with Crippen molar-refractivity contribution in [3.05, 3.63) is 0 Å². The van der Waals surface area contributed by atoms with Gasteiger partial charge in [0.1, 0.15) is 0 Å². The van der Waals surface area contributed by atoms with Gasteiger partial charge >= 0.3 is 0 Å². The van der Waals surface area contributed by atoms with Crippen LogP contribution in [0.4, 0.5) is 0 Å². The highest BCUT2D eigenvalue weighted by atomic mass is 79.9. The molecule has 0 amide bonds. The molecule has 0 saturated carbocycles. The van der Waals surface area contributed by atoms with E-state index >= 15 is 0 Å². The fourth-order valence-corrected chi connectivity index (χ4v) is 3.45. The molecule has 0 aliphatic carbocycles. The van der Waals surface area contributed by atoms with E-state index in [1.54, 1.807) is 4.31 Å². The van der Waals surface area contributed by atoms with E-state index < -0.39 is 10.0 Å². The second kappa shape index (κ2) is 3.87. The molecule has 1 heterocycles. The Hall–Kier alpha value is 0.390. The summed E-state index contributed by atoms with van der Waals surface area (Å²) in [5.74, 6) is 0.333. The fraction of sp³-hybridized carbons (Fsp3) is 1.00. The lowest BCUT2D eigenvalue weighted by atomic mass is 10.3. The van der Waals surface area contributed by atoms with Crippen LogP contribution in [0.5, 0.6) is 0 Å². The van der Waals surface area contributed by atoms with Gasteiger partial charge in [-0.2, -0.15) is 0 Å². The molecule has 1 rings (SSSR count). The van der Waals surface area contributed by atoms with Gasteiger partial charge in [0.25, 0.3) is 0 Å². The Kier molecular flexibility index (Phi) is 3.33. The van der Waals surface area contributed by atoms with E-state index in [1.807, 2.05) is 0 Å². The Morgan fingerprint density at radius 1 is 1.36 bits per heavy atom. The Balaban J connectivity index is 2.60. The number of rotatable bonds is 2. The second-order valence-corrected chi connectivity index (χ2v) is 5.49. The quantitative estimate of drug-likeness (QED) is 0.672. The summed E-state index contributed by atoms with van der Waals surface area (Å²) in [5, 5.41) is 0.728. The van der Waals surface area contributed by atoms with Crippen molar-refractivity contribution < 1.29 is 8.42 Å². The van der Waals surface area contributed by atoms with Crippen LogP contribution in [0.1, 0.15) is 12.8 Å². The van der Waals surface area contributed by atoms with Crippen molar-refractivity contribution in [2.24, 2.45) is 0 Å². The highest BCUT2D eigenvalue weighted by molar-refractivity contribution is 9.09. The first-order valence-electron chi connectivity index (χ1n) is 3.70. The van der Waals surface area contributed by atoms with Gasteiger partial charge < -0.3 is 0 Å². The van der Waals surface area contributed by atoms with Gasteiger partial charge in [-0.15, -0.1) is 0 Å². The van der Waals surface area contributed by atoms with Crippen LogP contribution >= 0.6 is 15.9 Å². The zero-order valence-electron chi connectivity index (χ0n) is 6.29. The topological polar surface area (TPSA) is 37.4 Å². The maximum Gasteiger partial charge on any atom is 0.214 e. The predicted octanol–water partition coefficient (Wildman–Crippen LogP) is 0.807. The maximum atomic E-state index is 11.3. The first-order chi connectivity index (χ1) is 5.17. The summed E-state index contributed by atoms with van der Waals surface area (Å²) in [7, 11) is -2.88. The highest BCUT2D eigenvalue weighted by Gasteiger charge is 2.24. The number of hydrogen-bond acceptors (Lipinski definition) is 2. The van der Waals surface area contributed by atoms with Gasteiger partial charge in [-0.3, -0.25) is 0 Å². The summed E-state index contributed by atoms with van der Waals surface area (Å²) >= 11 is 3.23. The Bertz CT molecular complexity index is 213. The lowest BCUT2D eigenvalue weighted by Crippen LogP contribution is -2.38. The molecule has 1 fully saturated rings. The van der Waals surface area contributed by atoms with Crippen LogP contribution in [0, 0.1) is 0 Å². The van der Waals surface area contributed by atoms with Gasteiger partial charge in [-0.1, -0.05) is 15.9 Å². The minimum atomic E-state index is -2.88. The molecular weight excluding hydrogens is 230 g/mol. The SMILES string of the molecule is O=S1(=O)CCCCN1CCBr. The van der Waals surface area contributed by atoms with Crippen molar-refractivity contribution in [2.75, 3.05) is 24.2 Å². The van der Waals surface area contributed by atoms with Crippen LogP contribution in [0.15, 0.2) is 0 Å². The average Bonchev–Trinajstić information content (AvgIpc) is 1.94. The van der Waals surface area contributed by atoms with Crippen molar-refractivity contribution in [1.82, 2.24) is 4.31 Å². The molecule has 5 heteroatoms. The molecule has 0 atom stereocenters. The van der Waals surface area contributed by atoms with Crippen molar-refractivity contribution in [3.8, 4) is 0 Å². The van der Waals surface area contributed by atoms with E-state index in [0.717, 1.165) is 18.2 Å². The van der Waals surface area contributed by atoms with Crippen LogP contribution in [-0.4, -0.2) is 36.9 Å². The maximum absolute atomic E-state index is 11.3. The summed E-state index contributed by atoms with van der Waals surface area (Å²) in [4.78, 5) is 0. The van der Waals surface area contributed by atoms with Crippen molar-refractivity contribution in [2.45, 2.75) is 12.8 Å². The normalized spacial score (nSPS) is 25.2. The largest absolute Gasteiger partial charge is 0.214 e. The Labute approximate surface area is 75.9 Å². The smallest absolute Gasteiger partial charge is 0.212 e. The zero-order valence-corrected chi connectivity index (χ0v) is 8.70. The van der Waals surface area contributed by atoms with E-state index in [2.05, 4.69) is 15.9 Å². The van der Waals surface area contributed by atoms with E-state index in [-0.39, 0.29) is 0 Å². The molecule has 0 aromatic carbocycles. The number of hydrogen-bond donors (Lipinski definition) is 0. The Morgan fingerprint density at radius 2 is 2.09 bits per heavy atom. The van der Waals surface area contributed by atoms with Crippen LogP contribution in [0.25, 0.3) is 0 Å². The third-order valence-corrected chi connectivity index (χ3v) is 4.10. The third-order valence-electron chi connectivity index (χ3n) is 1.79. The summed E-state index contributed by atoms with van der Waals surface area (Å²) < 4.78 is 24.1. The van der Waals surface area contributed by atoms with Crippen molar-refractivity contribution >= 4 is 26.0 Å². The molecule has 3 nitrogen and oxygen atoms in total. The summed E-state index contributed by atoms with van der Waals surface area (Å²) in [6.45, 7) is 1.32. The highest BCUT2D eigenvalue weighted by Crippen LogP contribution is 2.12. The molecule has 0 radical (unpaired) electrons. The van der Waals surface area contributed by atoms with E-state index in [4.69, 9.17) is 0 Å². The molecular formula is C6H12BrNO2S. The van der Waals surface area contributed by atoms with E-state index in [0.29, 0.717) is 18.8 Å². The van der Waals surface area contributed by atoms with Gasteiger partial charge in [0.2, 0.25) is 10.0 Å². The van der Waals surface area contributed by atoms with Gasteiger partial charge in [-0.05, 0) is 12.8 Å². The minimum Gasteiger partial charge on any atom is -0.212 e. The van der Waals surface area contributed by atoms with E-state index in [9.17, 15) is 8.42 Å². The standard InChI is InChI=1S/C6H12BrNO2S/c7-3-5-8-4-1-2-6-11(8,9)10/h1-6H2. The van der Waals surface area contributed by atoms with Crippen LogP contribution in [0.2, 0.25) is 0 Å². The van der Waals surface area contributed by atoms with Crippen molar-refractivity contribution in [3.63, 3.8) is 0 Å². The zero-order chi connectivity index (χ0) is 8.32. The molecule has 1 saturated heterocycles. The summed E-state index contributed by atoms with van der Waals surface area (Å²) in [6, 6.07) is 0. The van der Waals surface area contributed by atoms with Gasteiger partial charge in [-0.25, -0.2) is 12.7 Å². The average molecular weight is 242 g/mol. The first kappa shape index (κ1) is 9.48. The second-order valence-electron chi connectivity index (χ2n) is 2.61. The molecule has 0 unspecified atom stereocenters. The van der Waals surface area contributed by atoms with Gasteiger partial charge in [0, 0.05) is 18.4 Å². The lowest BCUT2D eigenvalue weighted by molar-refractivity contribution is 0.401. The van der Waals surface area contributed by atoms with Gasteiger partial charge in [0.05, 0.1) is 5.75 Å². The number of halogens is 1. The fourth-order valence-electron chi connectivity index (χ4n) is 1.19. The summed E-state index contributed by atoms with van der Waals surface area (Å²) in [5.41, 5.74) is 0. The molecule has 0 N–H and O–H groups in total. The van der Waals surface area contributed by atoms with Crippen LogP contribution in [0.3, 0.4) is 0 Å². The molecule has 0 spiro atoms. The monoisotopic (exact) mass is 241 g/mol.